The van der Waals surface area contributed by atoms with Crippen LogP contribution < -0.4 is 0 Å². The average molecular weight is 378 g/mol. The lowest BCUT2D eigenvalue weighted by Gasteiger charge is -2.34. The number of likely N-dealkylation sites (N-methyl/N-ethyl adjacent to an activating group) is 1. The topological polar surface area (TPSA) is 9.72 Å². The molecule has 4 atom stereocenters. The molecular weight excluding hydrogens is 330 g/mol. The summed E-state index contributed by atoms with van der Waals surface area (Å²) in [6.07, 6.45) is 8.81. The molecule has 3 heteroatoms. The Kier molecular flexibility index (Phi) is 6.65. The molecule has 4 rings (SSSR count). The van der Waals surface area contributed by atoms with Crippen LogP contribution in [-0.4, -0.2) is 71.6 Å². The molecule has 0 amide bonds. The van der Waals surface area contributed by atoms with Crippen molar-refractivity contribution < 1.29 is 0 Å². The Morgan fingerprint density at radius 3 is 1.52 bits per heavy atom. The molecule has 2 unspecified atom stereocenters. The Morgan fingerprint density at radius 1 is 0.593 bits per heavy atom. The van der Waals surface area contributed by atoms with Crippen LogP contribution in [0.25, 0.3) is 0 Å². The van der Waals surface area contributed by atoms with Crippen molar-refractivity contribution >= 4 is 0 Å². The van der Waals surface area contributed by atoms with Crippen molar-refractivity contribution in [3.8, 4) is 0 Å². The molecular formula is C24H47N3. The van der Waals surface area contributed by atoms with Gasteiger partial charge in [0.2, 0.25) is 0 Å². The monoisotopic (exact) mass is 377 g/mol. The van der Waals surface area contributed by atoms with E-state index < -0.39 is 0 Å². The largest absolute Gasteiger partial charge is 0.302 e. The summed E-state index contributed by atoms with van der Waals surface area (Å²) in [5.74, 6) is 3.01. The number of hydrogen-bond donors (Lipinski definition) is 0. The molecule has 0 aromatic carbocycles. The zero-order valence-electron chi connectivity index (χ0n) is 19.4. The summed E-state index contributed by atoms with van der Waals surface area (Å²) in [5.41, 5.74) is 0.759. The van der Waals surface area contributed by atoms with E-state index in [1.807, 2.05) is 0 Å². The first-order valence-corrected chi connectivity index (χ1v) is 11.8. The molecule has 1 saturated carbocycles. The van der Waals surface area contributed by atoms with Crippen molar-refractivity contribution in [2.24, 2.45) is 17.8 Å². The molecule has 0 bridgehead atoms. The van der Waals surface area contributed by atoms with Crippen molar-refractivity contribution in [2.75, 3.05) is 39.8 Å². The van der Waals surface area contributed by atoms with E-state index in [1.165, 1.54) is 71.2 Å². The zero-order chi connectivity index (χ0) is 19.8. The maximum Gasteiger partial charge on any atom is 0.0260 e. The van der Waals surface area contributed by atoms with E-state index in [4.69, 9.17) is 0 Å². The van der Waals surface area contributed by atoms with E-state index in [1.54, 1.807) is 0 Å². The fourth-order valence-corrected chi connectivity index (χ4v) is 5.91. The van der Waals surface area contributed by atoms with Crippen molar-refractivity contribution in [1.82, 2.24) is 14.7 Å². The Labute approximate surface area is 169 Å². The summed E-state index contributed by atoms with van der Waals surface area (Å²) in [5, 5.41) is 0. The molecule has 158 valence electrons. The van der Waals surface area contributed by atoms with Gasteiger partial charge in [0.25, 0.3) is 0 Å². The Bertz CT molecular complexity index is 461. The predicted octanol–water partition coefficient (Wildman–Crippen LogP) is 4.72. The summed E-state index contributed by atoms with van der Waals surface area (Å²) in [6, 6.07) is 0.836. The predicted molar refractivity (Wildman–Crippen MR) is 117 cm³/mol. The first-order valence-electron chi connectivity index (χ1n) is 11.8. The second-order valence-corrected chi connectivity index (χ2v) is 11.9. The van der Waals surface area contributed by atoms with Gasteiger partial charge in [-0.2, -0.15) is 0 Å². The third-order valence-electron chi connectivity index (χ3n) is 7.93. The highest BCUT2D eigenvalue weighted by Gasteiger charge is 2.41. The first kappa shape index (κ1) is 21.6. The van der Waals surface area contributed by atoms with Gasteiger partial charge >= 0.3 is 0 Å². The van der Waals surface area contributed by atoms with Gasteiger partial charge in [0, 0.05) is 43.3 Å². The normalized spacial score (nSPS) is 36.1. The van der Waals surface area contributed by atoms with Gasteiger partial charge in [0.15, 0.2) is 0 Å². The van der Waals surface area contributed by atoms with Gasteiger partial charge < -0.3 is 4.90 Å². The molecule has 0 spiro atoms. The number of nitrogens with zero attached hydrogens (tertiary/aromatic N) is 3. The fourth-order valence-electron chi connectivity index (χ4n) is 5.91. The van der Waals surface area contributed by atoms with E-state index in [9.17, 15) is 0 Å². The van der Waals surface area contributed by atoms with E-state index in [0.717, 1.165) is 23.8 Å². The van der Waals surface area contributed by atoms with E-state index >= 15 is 0 Å². The van der Waals surface area contributed by atoms with Crippen LogP contribution in [-0.2, 0) is 0 Å². The minimum atomic E-state index is 0.359. The highest BCUT2D eigenvalue weighted by Crippen LogP contribution is 2.38. The third-order valence-corrected chi connectivity index (χ3v) is 7.93. The minimum absolute atomic E-state index is 0.359. The number of likely N-dealkylation sites (tertiary alicyclic amines) is 3. The molecule has 1 aliphatic carbocycles. The van der Waals surface area contributed by atoms with Gasteiger partial charge in [-0.3, -0.25) is 9.80 Å². The lowest BCUT2D eigenvalue weighted by atomic mass is 9.82. The van der Waals surface area contributed by atoms with Crippen molar-refractivity contribution in [1.29, 1.82) is 0 Å². The summed E-state index contributed by atoms with van der Waals surface area (Å²) in [6.45, 7) is 20.7. The summed E-state index contributed by atoms with van der Waals surface area (Å²) >= 11 is 0. The van der Waals surface area contributed by atoms with Crippen LogP contribution >= 0.6 is 0 Å². The van der Waals surface area contributed by atoms with Crippen molar-refractivity contribution in [2.45, 2.75) is 97.2 Å². The van der Waals surface area contributed by atoms with E-state index in [-0.39, 0.29) is 0 Å². The Morgan fingerprint density at radius 2 is 1.04 bits per heavy atom. The second-order valence-electron chi connectivity index (χ2n) is 11.9. The molecule has 27 heavy (non-hydrogen) atoms. The van der Waals surface area contributed by atoms with Gasteiger partial charge in [0.05, 0.1) is 0 Å². The van der Waals surface area contributed by atoms with Gasteiger partial charge in [-0.05, 0) is 98.6 Å². The van der Waals surface area contributed by atoms with Crippen molar-refractivity contribution in [3.63, 3.8) is 0 Å². The maximum absolute atomic E-state index is 2.69. The zero-order valence-corrected chi connectivity index (χ0v) is 19.4. The summed E-state index contributed by atoms with van der Waals surface area (Å²) < 4.78 is 0. The summed E-state index contributed by atoms with van der Waals surface area (Å²) in [7, 11) is 2.29. The van der Waals surface area contributed by atoms with E-state index in [2.05, 4.69) is 63.3 Å². The molecule has 3 aliphatic heterocycles. The maximum atomic E-state index is 2.69. The van der Waals surface area contributed by atoms with Crippen LogP contribution in [0.15, 0.2) is 0 Å². The highest BCUT2D eigenvalue weighted by atomic mass is 15.3. The Balaban J connectivity index is 0.000000156. The standard InChI is InChI=1S/C12H24N2.C12H23N/c1-12(2,3)14-8-10-6-5-7-13(4)11(10)9-14;1-12(2,3)13-8-10-6-4-5-7-11(10)9-13/h10-11H,5-9H2,1-4H3;10-11H,4-9H2,1-3H3/t;10-,11+. The molecule has 0 aromatic rings. The highest BCUT2D eigenvalue weighted by molar-refractivity contribution is 4.96. The number of fused-ring (bicyclic) bond motifs is 2. The summed E-state index contributed by atoms with van der Waals surface area (Å²) in [4.78, 5) is 7.91. The molecule has 0 N–H and O–H groups in total. The number of hydrogen-bond acceptors (Lipinski definition) is 3. The molecule has 0 radical (unpaired) electrons. The smallest absolute Gasteiger partial charge is 0.0260 e. The van der Waals surface area contributed by atoms with E-state index in [0.29, 0.717) is 11.1 Å². The van der Waals surface area contributed by atoms with Crippen LogP contribution in [0.1, 0.15) is 80.1 Å². The van der Waals surface area contributed by atoms with Crippen LogP contribution in [0.5, 0.6) is 0 Å². The molecule has 3 heterocycles. The average Bonchev–Trinajstić information content (AvgIpc) is 3.19. The number of rotatable bonds is 0. The molecule has 0 aromatic heterocycles. The number of piperidine rings is 1. The van der Waals surface area contributed by atoms with Crippen molar-refractivity contribution in [3.05, 3.63) is 0 Å². The first-order chi connectivity index (χ1) is 12.6. The van der Waals surface area contributed by atoms with Crippen LogP contribution in [0.2, 0.25) is 0 Å². The molecule has 3 nitrogen and oxygen atoms in total. The van der Waals surface area contributed by atoms with Gasteiger partial charge in [0.1, 0.15) is 0 Å². The van der Waals surface area contributed by atoms with Gasteiger partial charge in [-0.25, -0.2) is 0 Å². The van der Waals surface area contributed by atoms with Gasteiger partial charge in [-0.15, -0.1) is 0 Å². The molecule has 4 fully saturated rings. The van der Waals surface area contributed by atoms with Crippen LogP contribution in [0.4, 0.5) is 0 Å². The second kappa shape index (κ2) is 8.32. The Hall–Kier alpha value is -0.120. The molecule has 3 saturated heterocycles. The van der Waals surface area contributed by atoms with Crippen LogP contribution in [0, 0.1) is 17.8 Å². The van der Waals surface area contributed by atoms with Crippen LogP contribution in [0.3, 0.4) is 0 Å². The lowest BCUT2D eigenvalue weighted by molar-refractivity contribution is 0.145. The quantitative estimate of drug-likeness (QED) is 0.605. The minimum Gasteiger partial charge on any atom is -0.302 e. The van der Waals surface area contributed by atoms with Gasteiger partial charge in [-0.1, -0.05) is 12.8 Å². The third kappa shape index (κ3) is 5.28. The lowest BCUT2D eigenvalue weighted by Crippen LogP contribution is -2.44. The molecule has 4 aliphatic rings. The fraction of sp³-hybridized carbons (Fsp3) is 1.00. The SMILES string of the molecule is CC(C)(C)N1C[C@H]2CCCC[C@H]2C1.CN1CCCC2CN(C(C)(C)C)CC21.